The molecule has 1 N–H and O–H groups in total. The first-order valence-corrected chi connectivity index (χ1v) is 8.15. The van der Waals surface area contributed by atoms with Gasteiger partial charge >= 0.3 is 0 Å². The summed E-state index contributed by atoms with van der Waals surface area (Å²) >= 11 is 11.9. The van der Waals surface area contributed by atoms with E-state index >= 15 is 0 Å². The Morgan fingerprint density at radius 1 is 1.04 bits per heavy atom. The summed E-state index contributed by atoms with van der Waals surface area (Å²) < 4.78 is 5.67. The average Bonchev–Trinajstić information content (AvgIpc) is 2.51. The molecule has 122 valence electrons. The van der Waals surface area contributed by atoms with Crippen LogP contribution in [0.2, 0.25) is 10.0 Å². The molecule has 0 heterocycles. The zero-order valence-electron chi connectivity index (χ0n) is 13.3. The predicted molar refractivity (Wildman–Crippen MR) is 95.7 cm³/mol. The van der Waals surface area contributed by atoms with Gasteiger partial charge in [-0.3, -0.25) is 4.79 Å². The van der Waals surface area contributed by atoms with Crippen LogP contribution in [0.15, 0.2) is 42.5 Å². The van der Waals surface area contributed by atoms with Gasteiger partial charge in [-0.15, -0.1) is 0 Å². The lowest BCUT2D eigenvalue weighted by Gasteiger charge is -2.16. The molecule has 0 radical (unpaired) electrons. The van der Waals surface area contributed by atoms with Crippen LogP contribution in [-0.2, 0) is 4.79 Å². The van der Waals surface area contributed by atoms with Crippen LogP contribution in [0.5, 0.6) is 5.75 Å². The highest BCUT2D eigenvalue weighted by atomic mass is 35.5. The van der Waals surface area contributed by atoms with Gasteiger partial charge in [-0.2, -0.15) is 0 Å². The highest BCUT2D eigenvalue weighted by Gasteiger charge is 2.16. The van der Waals surface area contributed by atoms with Crippen molar-refractivity contribution in [3.05, 3.63) is 58.1 Å². The molecule has 0 saturated carbocycles. The number of ether oxygens (including phenoxy) is 1. The van der Waals surface area contributed by atoms with Crippen LogP contribution >= 0.6 is 23.2 Å². The summed E-state index contributed by atoms with van der Waals surface area (Å²) in [4.78, 5) is 12.2. The minimum atomic E-state index is -0.657. The predicted octanol–water partition coefficient (Wildman–Crippen LogP) is 5.52. The van der Waals surface area contributed by atoms with E-state index in [1.54, 1.807) is 25.1 Å². The molecular weight excluding hydrogens is 333 g/mol. The number of hydrogen-bond donors (Lipinski definition) is 1. The number of rotatable bonds is 5. The molecule has 0 spiro atoms. The van der Waals surface area contributed by atoms with Crippen LogP contribution < -0.4 is 10.1 Å². The Hall–Kier alpha value is -1.71. The Bertz CT molecular complexity index is 684. The van der Waals surface area contributed by atoms with Crippen molar-refractivity contribution in [2.24, 2.45) is 0 Å². The largest absolute Gasteiger partial charge is 0.481 e. The van der Waals surface area contributed by atoms with E-state index in [2.05, 4.69) is 19.2 Å². The molecule has 23 heavy (non-hydrogen) atoms. The van der Waals surface area contributed by atoms with Crippen LogP contribution in [-0.4, -0.2) is 12.0 Å². The van der Waals surface area contributed by atoms with Gasteiger partial charge in [-0.25, -0.2) is 0 Å². The molecule has 5 heteroatoms. The van der Waals surface area contributed by atoms with E-state index in [0.717, 1.165) is 0 Å². The van der Waals surface area contributed by atoms with Crippen LogP contribution in [0.25, 0.3) is 0 Å². The van der Waals surface area contributed by atoms with Crippen LogP contribution in [0.3, 0.4) is 0 Å². The Labute approximate surface area is 146 Å². The van der Waals surface area contributed by atoms with Gasteiger partial charge < -0.3 is 10.1 Å². The number of halogens is 2. The third-order valence-corrected chi connectivity index (χ3v) is 3.98. The second kappa shape index (κ2) is 7.71. The smallest absolute Gasteiger partial charge is 0.265 e. The molecule has 0 aliphatic carbocycles. The number of carbonyl (C=O) groups is 1. The first kappa shape index (κ1) is 17.6. The van der Waals surface area contributed by atoms with Gasteiger partial charge in [0.25, 0.3) is 5.91 Å². The molecular formula is C18H19Cl2NO2. The van der Waals surface area contributed by atoms with Crippen molar-refractivity contribution in [1.82, 2.24) is 0 Å². The second-order valence-corrected chi connectivity index (χ2v) is 6.44. The molecule has 1 atom stereocenters. The van der Waals surface area contributed by atoms with Gasteiger partial charge in [0.2, 0.25) is 0 Å². The first-order chi connectivity index (χ1) is 10.9. The lowest BCUT2D eigenvalue weighted by atomic mass is 10.0. The first-order valence-electron chi connectivity index (χ1n) is 7.39. The summed E-state index contributed by atoms with van der Waals surface area (Å²) in [5, 5.41) is 3.65. The topological polar surface area (TPSA) is 38.3 Å². The normalized spacial score (nSPS) is 12.1. The number of anilines is 1. The number of hydrogen-bond acceptors (Lipinski definition) is 2. The van der Waals surface area contributed by atoms with Crippen molar-refractivity contribution >= 4 is 34.8 Å². The molecule has 1 amide bonds. The van der Waals surface area contributed by atoms with Crippen molar-refractivity contribution in [2.75, 3.05) is 5.32 Å². The van der Waals surface area contributed by atoms with Crippen LogP contribution in [0.1, 0.15) is 32.3 Å². The fourth-order valence-electron chi connectivity index (χ4n) is 2.02. The quantitative estimate of drug-likeness (QED) is 0.769. The Kier molecular flexibility index (Phi) is 5.91. The molecule has 0 bridgehead atoms. The van der Waals surface area contributed by atoms with E-state index in [0.29, 0.717) is 27.4 Å². The molecule has 0 saturated heterocycles. The lowest BCUT2D eigenvalue weighted by molar-refractivity contribution is -0.122. The summed E-state index contributed by atoms with van der Waals surface area (Å²) in [5.74, 6) is 0.811. The average molecular weight is 352 g/mol. The number of amides is 1. The summed E-state index contributed by atoms with van der Waals surface area (Å²) in [6, 6.07) is 12.6. The number of nitrogens with one attached hydrogen (secondary N) is 1. The zero-order chi connectivity index (χ0) is 17.0. The maximum Gasteiger partial charge on any atom is 0.265 e. The van der Waals surface area contributed by atoms with E-state index in [1.807, 2.05) is 24.3 Å². The van der Waals surface area contributed by atoms with Crippen molar-refractivity contribution in [1.29, 1.82) is 0 Å². The summed E-state index contributed by atoms with van der Waals surface area (Å²) in [6.07, 6.45) is -0.657. The molecule has 0 fully saturated rings. The van der Waals surface area contributed by atoms with E-state index in [4.69, 9.17) is 27.9 Å². The number of carbonyl (C=O) groups excluding carboxylic acids is 1. The van der Waals surface area contributed by atoms with E-state index in [9.17, 15) is 4.79 Å². The van der Waals surface area contributed by atoms with E-state index in [-0.39, 0.29) is 5.91 Å². The fourth-order valence-corrected chi connectivity index (χ4v) is 2.35. The Balaban J connectivity index is 2.01. The summed E-state index contributed by atoms with van der Waals surface area (Å²) in [5.41, 5.74) is 1.69. The van der Waals surface area contributed by atoms with Crippen molar-refractivity contribution in [2.45, 2.75) is 32.8 Å². The van der Waals surface area contributed by atoms with E-state index < -0.39 is 6.10 Å². The van der Waals surface area contributed by atoms with Gasteiger partial charge in [0, 0.05) is 5.02 Å². The van der Waals surface area contributed by atoms with Gasteiger partial charge in [0.05, 0.1) is 10.7 Å². The summed E-state index contributed by atoms with van der Waals surface area (Å²) in [6.45, 7) is 5.94. The van der Waals surface area contributed by atoms with Crippen LogP contribution in [0.4, 0.5) is 5.69 Å². The van der Waals surface area contributed by atoms with Crippen molar-refractivity contribution < 1.29 is 9.53 Å². The molecule has 2 rings (SSSR count). The highest BCUT2D eigenvalue weighted by molar-refractivity contribution is 6.35. The van der Waals surface area contributed by atoms with E-state index in [1.165, 1.54) is 5.56 Å². The molecule has 3 nitrogen and oxygen atoms in total. The Morgan fingerprint density at radius 2 is 1.70 bits per heavy atom. The fraction of sp³-hybridized carbons (Fsp3) is 0.278. The molecule has 0 unspecified atom stereocenters. The molecule has 0 aliphatic heterocycles. The van der Waals surface area contributed by atoms with Gasteiger partial charge in [0.1, 0.15) is 5.75 Å². The van der Waals surface area contributed by atoms with Gasteiger partial charge in [-0.05, 0) is 48.7 Å². The minimum absolute atomic E-state index is 0.290. The Morgan fingerprint density at radius 3 is 2.30 bits per heavy atom. The SMILES string of the molecule is CC(C)c1ccc(O[C@H](C)C(=O)Nc2cc(Cl)ccc2Cl)cc1. The van der Waals surface area contributed by atoms with Gasteiger partial charge in [-0.1, -0.05) is 49.2 Å². The standard InChI is InChI=1S/C18H19Cl2NO2/c1-11(2)13-4-7-15(8-5-13)23-12(3)18(22)21-17-10-14(19)6-9-16(17)20/h4-12H,1-3H3,(H,21,22)/t12-/m1/s1. The third kappa shape index (κ3) is 4.88. The maximum absolute atomic E-state index is 12.2. The molecule has 2 aromatic rings. The minimum Gasteiger partial charge on any atom is -0.481 e. The summed E-state index contributed by atoms with van der Waals surface area (Å²) in [7, 11) is 0. The van der Waals surface area contributed by atoms with Crippen molar-refractivity contribution in [3.8, 4) is 5.75 Å². The molecule has 0 aliphatic rings. The monoisotopic (exact) mass is 351 g/mol. The molecule has 0 aromatic heterocycles. The second-order valence-electron chi connectivity index (χ2n) is 5.60. The van der Waals surface area contributed by atoms with Gasteiger partial charge in [0.15, 0.2) is 6.10 Å². The highest BCUT2D eigenvalue weighted by Crippen LogP contribution is 2.26. The third-order valence-electron chi connectivity index (χ3n) is 3.42. The lowest BCUT2D eigenvalue weighted by Crippen LogP contribution is -2.30. The van der Waals surface area contributed by atoms with Crippen LogP contribution in [0, 0.1) is 0 Å². The van der Waals surface area contributed by atoms with Crippen molar-refractivity contribution in [3.63, 3.8) is 0 Å². The maximum atomic E-state index is 12.2. The number of benzene rings is 2. The zero-order valence-corrected chi connectivity index (χ0v) is 14.8. The molecule has 2 aromatic carbocycles.